The Bertz CT molecular complexity index is 529. The van der Waals surface area contributed by atoms with Gasteiger partial charge in [-0.05, 0) is 48.9 Å². The molecule has 2 atom stereocenters. The van der Waals surface area contributed by atoms with Crippen LogP contribution in [0.4, 0.5) is 0 Å². The predicted molar refractivity (Wildman–Crippen MR) is 92.1 cm³/mol. The van der Waals surface area contributed by atoms with E-state index in [0.717, 1.165) is 23.5 Å². The molecule has 0 bridgehead atoms. The summed E-state index contributed by atoms with van der Waals surface area (Å²) in [5, 5.41) is 0. The van der Waals surface area contributed by atoms with Gasteiger partial charge in [-0.3, -0.25) is 4.79 Å². The van der Waals surface area contributed by atoms with Crippen LogP contribution in [0.1, 0.15) is 44.6 Å². The smallest absolute Gasteiger partial charge is 0.222 e. The molecule has 1 aliphatic carbocycles. The van der Waals surface area contributed by atoms with Gasteiger partial charge in [-0.2, -0.15) is 0 Å². The first-order valence-corrected chi connectivity index (χ1v) is 8.53. The Hall–Kier alpha value is -1.71. The third-order valence-electron chi connectivity index (χ3n) is 5.05. The molecule has 2 unspecified atom stereocenters. The first-order valence-electron chi connectivity index (χ1n) is 8.53. The van der Waals surface area contributed by atoms with Crippen LogP contribution in [0.2, 0.25) is 0 Å². The quantitative estimate of drug-likeness (QED) is 0.803. The van der Waals surface area contributed by atoms with Crippen LogP contribution < -0.4 is 9.47 Å². The molecule has 23 heavy (non-hydrogen) atoms. The minimum atomic E-state index is 0.216. The Kier molecular flexibility index (Phi) is 6.31. The number of methoxy groups -OCH3 is 2. The maximum absolute atomic E-state index is 12.6. The molecular formula is C19H29NO3. The first-order chi connectivity index (χ1) is 11.1. The Morgan fingerprint density at radius 2 is 1.96 bits per heavy atom. The highest BCUT2D eigenvalue weighted by atomic mass is 16.5. The molecule has 0 spiro atoms. The van der Waals surface area contributed by atoms with Crippen molar-refractivity contribution in [2.45, 2.75) is 51.5 Å². The normalized spacial score (nSPS) is 20.9. The zero-order chi connectivity index (χ0) is 16.8. The van der Waals surface area contributed by atoms with Gasteiger partial charge in [0.05, 0.1) is 14.2 Å². The molecule has 0 radical (unpaired) electrons. The minimum Gasteiger partial charge on any atom is -0.497 e. The summed E-state index contributed by atoms with van der Waals surface area (Å²) in [6, 6.07) is 6.12. The van der Waals surface area contributed by atoms with Gasteiger partial charge in [-0.1, -0.05) is 19.8 Å². The summed E-state index contributed by atoms with van der Waals surface area (Å²) in [6.45, 7) is 2.26. The molecule has 0 N–H and O–H groups in total. The molecule has 1 fully saturated rings. The van der Waals surface area contributed by atoms with E-state index in [-0.39, 0.29) is 5.91 Å². The number of benzene rings is 1. The van der Waals surface area contributed by atoms with E-state index in [0.29, 0.717) is 24.8 Å². The number of aryl methyl sites for hydroxylation is 1. The van der Waals surface area contributed by atoms with Crippen molar-refractivity contribution in [2.24, 2.45) is 5.92 Å². The minimum absolute atomic E-state index is 0.216. The molecule has 0 aromatic heterocycles. The van der Waals surface area contributed by atoms with Crippen molar-refractivity contribution in [3.63, 3.8) is 0 Å². The van der Waals surface area contributed by atoms with Crippen LogP contribution in [-0.4, -0.2) is 38.1 Å². The van der Waals surface area contributed by atoms with E-state index in [2.05, 4.69) is 6.92 Å². The standard InChI is InChI=1S/C19H29NO3/c1-14-7-5-6-8-17(14)20(2)19(21)12-9-15-13-16(22-3)10-11-18(15)23-4/h10-11,13-14,17H,5-9,12H2,1-4H3. The molecule has 1 amide bonds. The fourth-order valence-electron chi connectivity index (χ4n) is 3.55. The lowest BCUT2D eigenvalue weighted by atomic mass is 9.85. The van der Waals surface area contributed by atoms with E-state index in [4.69, 9.17) is 9.47 Å². The van der Waals surface area contributed by atoms with Crippen LogP contribution in [0.15, 0.2) is 18.2 Å². The topological polar surface area (TPSA) is 38.8 Å². The summed E-state index contributed by atoms with van der Waals surface area (Å²) >= 11 is 0. The number of carbonyl (C=O) groups excluding carboxylic acids is 1. The second-order valence-electron chi connectivity index (χ2n) is 6.51. The molecule has 0 saturated heterocycles. The highest BCUT2D eigenvalue weighted by Gasteiger charge is 2.27. The van der Waals surface area contributed by atoms with E-state index in [1.807, 2.05) is 30.1 Å². The zero-order valence-electron chi connectivity index (χ0n) is 14.8. The van der Waals surface area contributed by atoms with Crippen LogP contribution in [0, 0.1) is 5.92 Å². The molecule has 4 nitrogen and oxygen atoms in total. The van der Waals surface area contributed by atoms with Gasteiger partial charge in [0, 0.05) is 19.5 Å². The van der Waals surface area contributed by atoms with Gasteiger partial charge in [0.25, 0.3) is 0 Å². The molecule has 1 aliphatic rings. The summed E-state index contributed by atoms with van der Waals surface area (Å²) < 4.78 is 10.7. The second-order valence-corrected chi connectivity index (χ2v) is 6.51. The molecule has 128 valence electrons. The molecule has 0 aliphatic heterocycles. The van der Waals surface area contributed by atoms with Crippen LogP contribution in [0.25, 0.3) is 0 Å². The van der Waals surface area contributed by atoms with E-state index in [1.54, 1.807) is 14.2 Å². The zero-order valence-corrected chi connectivity index (χ0v) is 14.8. The third kappa shape index (κ3) is 4.40. The lowest BCUT2D eigenvalue weighted by Crippen LogP contribution is -2.42. The molecular weight excluding hydrogens is 290 g/mol. The Balaban J connectivity index is 1.98. The Morgan fingerprint density at radius 3 is 2.61 bits per heavy atom. The van der Waals surface area contributed by atoms with Crippen LogP contribution in [0.5, 0.6) is 11.5 Å². The molecule has 1 aromatic carbocycles. The van der Waals surface area contributed by atoms with Gasteiger partial charge in [0.15, 0.2) is 0 Å². The third-order valence-corrected chi connectivity index (χ3v) is 5.05. The molecule has 1 saturated carbocycles. The number of hydrogen-bond acceptors (Lipinski definition) is 3. The van der Waals surface area contributed by atoms with E-state index < -0.39 is 0 Å². The summed E-state index contributed by atoms with van der Waals surface area (Å²) in [4.78, 5) is 14.5. The van der Waals surface area contributed by atoms with E-state index in [9.17, 15) is 4.79 Å². The summed E-state index contributed by atoms with van der Waals surface area (Å²) in [6.07, 6.45) is 6.06. The van der Waals surface area contributed by atoms with Crippen LogP contribution in [0.3, 0.4) is 0 Å². The highest BCUT2D eigenvalue weighted by molar-refractivity contribution is 5.76. The lowest BCUT2D eigenvalue weighted by Gasteiger charge is -2.36. The monoisotopic (exact) mass is 319 g/mol. The van der Waals surface area contributed by atoms with Gasteiger partial charge in [0.1, 0.15) is 11.5 Å². The van der Waals surface area contributed by atoms with Gasteiger partial charge in [0.2, 0.25) is 5.91 Å². The number of carbonyl (C=O) groups is 1. The van der Waals surface area contributed by atoms with Gasteiger partial charge in [-0.15, -0.1) is 0 Å². The van der Waals surface area contributed by atoms with Gasteiger partial charge < -0.3 is 14.4 Å². The van der Waals surface area contributed by atoms with Gasteiger partial charge >= 0.3 is 0 Å². The summed E-state index contributed by atoms with van der Waals surface area (Å²) in [5.41, 5.74) is 1.02. The van der Waals surface area contributed by atoms with Crippen LogP contribution in [-0.2, 0) is 11.2 Å². The van der Waals surface area contributed by atoms with Crippen molar-refractivity contribution >= 4 is 5.91 Å². The number of hydrogen-bond donors (Lipinski definition) is 0. The largest absolute Gasteiger partial charge is 0.497 e. The van der Waals surface area contributed by atoms with E-state index in [1.165, 1.54) is 19.3 Å². The van der Waals surface area contributed by atoms with Crippen molar-refractivity contribution in [1.29, 1.82) is 0 Å². The van der Waals surface area contributed by atoms with Crippen molar-refractivity contribution in [1.82, 2.24) is 4.90 Å². The second kappa shape index (κ2) is 8.23. The predicted octanol–water partition coefficient (Wildman–Crippen LogP) is 3.67. The van der Waals surface area contributed by atoms with Crippen LogP contribution >= 0.6 is 0 Å². The molecule has 1 aromatic rings. The summed E-state index contributed by atoms with van der Waals surface area (Å²) in [5.74, 6) is 2.42. The number of amides is 1. The highest BCUT2D eigenvalue weighted by Crippen LogP contribution is 2.29. The SMILES string of the molecule is COc1ccc(OC)c(CCC(=O)N(C)C2CCCCC2C)c1. The van der Waals surface area contributed by atoms with Gasteiger partial charge in [-0.25, -0.2) is 0 Å². The number of ether oxygens (including phenoxy) is 2. The molecule has 2 rings (SSSR count). The van der Waals surface area contributed by atoms with E-state index >= 15 is 0 Å². The lowest BCUT2D eigenvalue weighted by molar-refractivity contribution is -0.133. The Morgan fingerprint density at radius 1 is 1.22 bits per heavy atom. The fraction of sp³-hybridized carbons (Fsp3) is 0.632. The average Bonchev–Trinajstić information content (AvgIpc) is 2.59. The maximum Gasteiger partial charge on any atom is 0.222 e. The van der Waals surface area contributed by atoms with Crippen molar-refractivity contribution < 1.29 is 14.3 Å². The molecule has 0 heterocycles. The van der Waals surface area contributed by atoms with Crippen molar-refractivity contribution in [3.8, 4) is 11.5 Å². The van der Waals surface area contributed by atoms with Crippen molar-refractivity contribution in [3.05, 3.63) is 23.8 Å². The fourth-order valence-corrected chi connectivity index (χ4v) is 3.55. The Labute approximate surface area is 139 Å². The maximum atomic E-state index is 12.6. The van der Waals surface area contributed by atoms with Crippen molar-refractivity contribution in [2.75, 3.05) is 21.3 Å². The number of nitrogens with zero attached hydrogens (tertiary/aromatic N) is 1. The summed E-state index contributed by atoms with van der Waals surface area (Å²) in [7, 11) is 5.26. The average molecular weight is 319 g/mol. The number of rotatable bonds is 6. The molecule has 4 heteroatoms. The first kappa shape index (κ1) is 17.6.